The number of hydrogen-bond donors (Lipinski definition) is 2. The Hall–Kier alpha value is -1.66. The molecule has 0 spiro atoms. The van der Waals surface area contributed by atoms with Gasteiger partial charge in [0, 0.05) is 18.3 Å². The number of anilines is 1. The van der Waals surface area contributed by atoms with Crippen molar-refractivity contribution < 1.29 is 14.0 Å². The van der Waals surface area contributed by atoms with E-state index in [9.17, 15) is 14.0 Å². The van der Waals surface area contributed by atoms with Crippen molar-refractivity contribution >= 4 is 29.1 Å². The molecule has 126 valence electrons. The minimum absolute atomic E-state index is 0.0760. The predicted octanol–water partition coefficient (Wildman–Crippen LogP) is 2.41. The third-order valence-corrected chi connectivity index (χ3v) is 4.29. The molecule has 23 heavy (non-hydrogen) atoms. The highest BCUT2D eigenvalue weighted by Gasteiger charge is 2.20. The quantitative estimate of drug-likeness (QED) is 0.781. The molecule has 7 heteroatoms. The third kappa shape index (κ3) is 5.48. The topological polar surface area (TPSA) is 61.4 Å². The number of benzene rings is 1. The van der Waals surface area contributed by atoms with Crippen molar-refractivity contribution in [2.45, 2.75) is 31.7 Å². The fourth-order valence-electron chi connectivity index (χ4n) is 2.71. The van der Waals surface area contributed by atoms with Gasteiger partial charge in [0.2, 0.25) is 11.8 Å². The smallest absolute Gasteiger partial charge is 0.233 e. The van der Waals surface area contributed by atoms with Gasteiger partial charge in [0.05, 0.1) is 5.02 Å². The van der Waals surface area contributed by atoms with Crippen LogP contribution in [0.2, 0.25) is 5.02 Å². The van der Waals surface area contributed by atoms with E-state index in [1.807, 2.05) is 0 Å². The van der Waals surface area contributed by atoms with Crippen LogP contribution in [0.5, 0.6) is 0 Å². The van der Waals surface area contributed by atoms with Crippen LogP contribution < -0.4 is 10.6 Å². The molecular weight excluding hydrogens is 321 g/mol. The summed E-state index contributed by atoms with van der Waals surface area (Å²) in [6, 6.07) is 4.37. The Balaban J connectivity index is 1.69. The average molecular weight is 342 g/mol. The van der Waals surface area contributed by atoms with Crippen molar-refractivity contribution in [1.82, 2.24) is 10.2 Å². The molecule has 5 nitrogen and oxygen atoms in total. The molecule has 2 amide bonds. The summed E-state index contributed by atoms with van der Waals surface area (Å²) in [4.78, 5) is 25.8. The number of likely N-dealkylation sites (tertiary alicyclic amines) is 1. The van der Waals surface area contributed by atoms with Crippen LogP contribution in [0.3, 0.4) is 0 Å². The van der Waals surface area contributed by atoms with E-state index in [4.69, 9.17) is 11.6 Å². The van der Waals surface area contributed by atoms with E-state index in [1.54, 1.807) is 0 Å². The molecule has 2 N–H and O–H groups in total. The molecule has 1 aliphatic heterocycles. The van der Waals surface area contributed by atoms with E-state index < -0.39 is 11.7 Å². The van der Waals surface area contributed by atoms with Gasteiger partial charge in [-0.3, -0.25) is 9.59 Å². The molecule has 0 bridgehead atoms. The SMILES string of the molecule is CN1CCC[C@@H]1CCNC(=O)CC(=O)Nc1ccc(F)c(Cl)c1. The van der Waals surface area contributed by atoms with E-state index in [2.05, 4.69) is 22.6 Å². The molecule has 0 saturated carbocycles. The van der Waals surface area contributed by atoms with Crippen LogP contribution in [-0.4, -0.2) is 42.9 Å². The van der Waals surface area contributed by atoms with Gasteiger partial charge in [0.15, 0.2) is 0 Å². The lowest BCUT2D eigenvalue weighted by Gasteiger charge is -2.19. The molecular formula is C16H21ClFN3O2. The number of hydrogen-bond acceptors (Lipinski definition) is 3. The van der Waals surface area contributed by atoms with E-state index in [-0.39, 0.29) is 17.4 Å². The summed E-state index contributed by atoms with van der Waals surface area (Å²) in [6.45, 7) is 1.66. The van der Waals surface area contributed by atoms with Crippen molar-refractivity contribution in [3.63, 3.8) is 0 Å². The molecule has 1 heterocycles. The van der Waals surface area contributed by atoms with Crippen molar-refractivity contribution in [2.24, 2.45) is 0 Å². The van der Waals surface area contributed by atoms with Crippen LogP contribution in [-0.2, 0) is 9.59 Å². The van der Waals surface area contributed by atoms with Crippen LogP contribution >= 0.6 is 11.6 Å². The van der Waals surface area contributed by atoms with Crippen LogP contribution in [0.1, 0.15) is 25.7 Å². The Morgan fingerprint density at radius 2 is 2.17 bits per heavy atom. The van der Waals surface area contributed by atoms with Gasteiger partial charge in [0.25, 0.3) is 0 Å². The summed E-state index contributed by atoms with van der Waals surface area (Å²) >= 11 is 5.64. The monoisotopic (exact) mass is 341 g/mol. The zero-order valence-electron chi connectivity index (χ0n) is 13.1. The second-order valence-corrected chi connectivity index (χ2v) is 6.18. The first-order chi connectivity index (χ1) is 11.0. The van der Waals surface area contributed by atoms with E-state index in [0.717, 1.165) is 25.5 Å². The summed E-state index contributed by atoms with van der Waals surface area (Å²) in [7, 11) is 2.08. The number of nitrogens with zero attached hydrogens (tertiary/aromatic N) is 1. The van der Waals surface area contributed by atoms with Crippen molar-refractivity contribution in [1.29, 1.82) is 0 Å². The van der Waals surface area contributed by atoms with Gasteiger partial charge in [0.1, 0.15) is 12.2 Å². The van der Waals surface area contributed by atoms with Gasteiger partial charge < -0.3 is 15.5 Å². The molecule has 2 rings (SSSR count). The Kier molecular flexibility index (Phi) is 6.36. The Labute approximate surface area is 140 Å². The summed E-state index contributed by atoms with van der Waals surface area (Å²) in [5.74, 6) is -1.33. The average Bonchev–Trinajstić information content (AvgIpc) is 2.88. The maximum absolute atomic E-state index is 13.0. The molecule has 1 fully saturated rings. The number of rotatable bonds is 6. The summed E-state index contributed by atoms with van der Waals surface area (Å²) in [5.41, 5.74) is 0.363. The van der Waals surface area contributed by atoms with Crippen LogP contribution in [0.25, 0.3) is 0 Å². The molecule has 1 aromatic carbocycles. The van der Waals surface area contributed by atoms with Crippen LogP contribution in [0, 0.1) is 5.82 Å². The Morgan fingerprint density at radius 3 is 2.83 bits per heavy atom. The van der Waals surface area contributed by atoms with Gasteiger partial charge in [-0.15, -0.1) is 0 Å². The van der Waals surface area contributed by atoms with Gasteiger partial charge in [-0.25, -0.2) is 4.39 Å². The number of halogens is 2. The fraction of sp³-hybridized carbons (Fsp3) is 0.500. The molecule has 0 unspecified atom stereocenters. The third-order valence-electron chi connectivity index (χ3n) is 4.00. The van der Waals surface area contributed by atoms with Crippen molar-refractivity contribution in [2.75, 3.05) is 25.5 Å². The summed E-state index contributed by atoms with van der Waals surface area (Å²) in [5, 5.41) is 5.20. The van der Waals surface area contributed by atoms with Crippen LogP contribution in [0.4, 0.5) is 10.1 Å². The molecule has 0 aromatic heterocycles. The lowest BCUT2D eigenvalue weighted by molar-refractivity contribution is -0.126. The molecule has 1 atom stereocenters. The van der Waals surface area contributed by atoms with Gasteiger partial charge in [-0.05, 0) is 51.1 Å². The van der Waals surface area contributed by atoms with E-state index in [1.165, 1.54) is 18.6 Å². The Morgan fingerprint density at radius 1 is 1.39 bits per heavy atom. The van der Waals surface area contributed by atoms with Crippen molar-refractivity contribution in [3.05, 3.63) is 29.0 Å². The first-order valence-corrected chi connectivity index (χ1v) is 8.05. The van der Waals surface area contributed by atoms with Gasteiger partial charge in [-0.2, -0.15) is 0 Å². The maximum Gasteiger partial charge on any atom is 0.233 e. The van der Waals surface area contributed by atoms with E-state index in [0.29, 0.717) is 18.3 Å². The second kappa shape index (κ2) is 8.26. The summed E-state index contributed by atoms with van der Waals surface area (Å²) in [6.07, 6.45) is 2.96. The van der Waals surface area contributed by atoms with Crippen molar-refractivity contribution in [3.8, 4) is 0 Å². The van der Waals surface area contributed by atoms with Gasteiger partial charge >= 0.3 is 0 Å². The number of amides is 2. The second-order valence-electron chi connectivity index (χ2n) is 5.77. The first kappa shape index (κ1) is 17.7. The minimum atomic E-state index is -0.556. The molecule has 0 aliphatic carbocycles. The zero-order valence-corrected chi connectivity index (χ0v) is 13.8. The molecule has 1 aromatic rings. The number of carbonyl (C=O) groups excluding carboxylic acids is 2. The van der Waals surface area contributed by atoms with Crippen LogP contribution in [0.15, 0.2) is 18.2 Å². The largest absolute Gasteiger partial charge is 0.356 e. The van der Waals surface area contributed by atoms with E-state index >= 15 is 0 Å². The lowest BCUT2D eigenvalue weighted by Crippen LogP contribution is -2.33. The standard InChI is InChI=1S/C16H21ClFN3O2/c1-21-8-2-3-12(21)6-7-19-15(22)10-16(23)20-11-4-5-14(18)13(17)9-11/h4-5,9,12H,2-3,6-8,10H2,1H3,(H,19,22)(H,20,23)/t12-/m1/s1. The number of nitrogens with one attached hydrogen (secondary N) is 2. The van der Waals surface area contributed by atoms with Gasteiger partial charge in [-0.1, -0.05) is 11.6 Å². The maximum atomic E-state index is 13.0. The molecule has 0 radical (unpaired) electrons. The predicted molar refractivity (Wildman–Crippen MR) is 87.9 cm³/mol. The highest BCUT2D eigenvalue weighted by molar-refractivity contribution is 6.31. The normalized spacial score (nSPS) is 18.0. The fourth-order valence-corrected chi connectivity index (χ4v) is 2.89. The highest BCUT2D eigenvalue weighted by atomic mass is 35.5. The summed E-state index contributed by atoms with van der Waals surface area (Å²) < 4.78 is 13.0. The Bertz CT molecular complexity index is 582. The zero-order chi connectivity index (χ0) is 16.8. The molecule has 1 aliphatic rings. The highest BCUT2D eigenvalue weighted by Crippen LogP contribution is 2.19. The minimum Gasteiger partial charge on any atom is -0.356 e. The first-order valence-electron chi connectivity index (χ1n) is 7.67. The molecule has 1 saturated heterocycles. The lowest BCUT2D eigenvalue weighted by atomic mass is 10.1. The number of carbonyl (C=O) groups is 2.